The zero-order valence-corrected chi connectivity index (χ0v) is 14.3. The summed E-state index contributed by atoms with van der Waals surface area (Å²) in [4.78, 5) is 25.4. The molecule has 3 aromatic rings. The molecule has 0 aliphatic carbocycles. The summed E-state index contributed by atoms with van der Waals surface area (Å²) in [5, 5.41) is 4.02. The number of pyridine rings is 1. The van der Waals surface area contributed by atoms with Crippen LogP contribution in [0.3, 0.4) is 0 Å². The number of aryl methyl sites for hydroxylation is 2. The normalized spacial score (nSPS) is 13.0. The minimum atomic E-state index is -0.369. The van der Waals surface area contributed by atoms with Crippen LogP contribution in [-0.4, -0.2) is 10.5 Å². The smallest absolute Gasteiger partial charge is 0.257 e. The highest BCUT2D eigenvalue weighted by atomic mass is 35.5. The Hall–Kier alpha value is -2.59. The van der Waals surface area contributed by atoms with Crippen molar-refractivity contribution in [2.24, 2.45) is 0 Å². The van der Waals surface area contributed by atoms with E-state index in [0.717, 1.165) is 30.5 Å². The highest BCUT2D eigenvalue weighted by Gasteiger charge is 2.19. The van der Waals surface area contributed by atoms with Crippen molar-refractivity contribution in [2.75, 3.05) is 0 Å². The number of nitrogens with zero attached hydrogens (tertiary/aromatic N) is 1. The third kappa shape index (κ3) is 2.83. The van der Waals surface area contributed by atoms with Gasteiger partial charge in [-0.15, -0.1) is 0 Å². The van der Waals surface area contributed by atoms with Crippen LogP contribution in [0.2, 0.25) is 5.02 Å². The Labute approximate surface area is 150 Å². The number of hydrogen-bond acceptors (Lipinski definition) is 2. The third-order valence-electron chi connectivity index (χ3n) is 4.67. The van der Waals surface area contributed by atoms with E-state index in [-0.39, 0.29) is 23.4 Å². The fourth-order valence-corrected chi connectivity index (χ4v) is 3.63. The second kappa shape index (κ2) is 6.37. The predicted molar refractivity (Wildman–Crippen MR) is 99.2 cm³/mol. The number of para-hydroxylation sites is 1. The van der Waals surface area contributed by atoms with Crippen molar-refractivity contribution in [1.29, 1.82) is 0 Å². The lowest BCUT2D eigenvalue weighted by atomic mass is 10.00. The zero-order valence-electron chi connectivity index (χ0n) is 13.6. The number of nitrogens with one attached hydrogen (secondary N) is 1. The molecule has 4 nitrogen and oxygen atoms in total. The second-order valence-corrected chi connectivity index (χ2v) is 6.66. The Balaban J connectivity index is 1.70. The summed E-state index contributed by atoms with van der Waals surface area (Å²) in [6.07, 6.45) is 3.67. The van der Waals surface area contributed by atoms with Crippen LogP contribution in [-0.2, 0) is 19.5 Å². The number of aromatic nitrogens is 1. The molecule has 0 unspecified atom stereocenters. The molecule has 2 heterocycles. The van der Waals surface area contributed by atoms with Crippen LogP contribution in [0.5, 0.6) is 0 Å². The summed E-state index contributed by atoms with van der Waals surface area (Å²) in [5.41, 5.74) is 2.91. The van der Waals surface area contributed by atoms with Crippen LogP contribution in [0.4, 0.5) is 0 Å². The number of hydrogen-bond donors (Lipinski definition) is 1. The third-order valence-corrected chi connectivity index (χ3v) is 5.04. The molecule has 0 spiro atoms. The molecule has 1 aliphatic heterocycles. The van der Waals surface area contributed by atoms with Gasteiger partial charge in [-0.05, 0) is 36.1 Å². The summed E-state index contributed by atoms with van der Waals surface area (Å²) in [6.45, 7) is 1.11. The number of rotatable bonds is 3. The standard InChI is InChI=1S/C20H17ClN2O2/c21-17-9-2-1-5-14(17)11-22-20(25)16-12-23-10-4-7-13-6-3-8-15(18(13)23)19(16)24/h1-3,5-6,8-9,12H,4,7,10-11H2,(H,22,25). The SMILES string of the molecule is O=C(NCc1ccccc1Cl)c1cn2c3c(cccc3c1=O)CCC2. The Morgan fingerprint density at radius 3 is 2.84 bits per heavy atom. The highest BCUT2D eigenvalue weighted by molar-refractivity contribution is 6.31. The molecule has 0 saturated heterocycles. The first-order chi connectivity index (χ1) is 12.1. The van der Waals surface area contributed by atoms with Gasteiger partial charge in [-0.1, -0.05) is 41.9 Å². The van der Waals surface area contributed by atoms with Gasteiger partial charge in [0.2, 0.25) is 5.43 Å². The van der Waals surface area contributed by atoms with Gasteiger partial charge < -0.3 is 9.88 Å². The fourth-order valence-electron chi connectivity index (χ4n) is 3.43. The molecule has 0 radical (unpaired) electrons. The molecule has 4 rings (SSSR count). The summed E-state index contributed by atoms with van der Waals surface area (Å²) in [6, 6.07) is 13.1. The quantitative estimate of drug-likeness (QED) is 0.784. The van der Waals surface area contributed by atoms with Gasteiger partial charge in [-0.3, -0.25) is 9.59 Å². The van der Waals surface area contributed by atoms with Crippen LogP contribution in [0, 0.1) is 0 Å². The molecule has 2 aromatic carbocycles. The maximum Gasteiger partial charge on any atom is 0.257 e. The van der Waals surface area contributed by atoms with Crippen molar-refractivity contribution in [3.05, 3.63) is 80.6 Å². The summed E-state index contributed by atoms with van der Waals surface area (Å²) in [5.74, 6) is -0.369. The highest BCUT2D eigenvalue weighted by Crippen LogP contribution is 2.23. The van der Waals surface area contributed by atoms with Gasteiger partial charge >= 0.3 is 0 Å². The molecule has 126 valence electrons. The Kier molecular flexibility index (Phi) is 4.06. The van der Waals surface area contributed by atoms with Gasteiger partial charge in [0.15, 0.2) is 0 Å². The van der Waals surface area contributed by atoms with Crippen LogP contribution >= 0.6 is 11.6 Å². The van der Waals surface area contributed by atoms with Crippen LogP contribution in [0.25, 0.3) is 10.9 Å². The number of carbonyl (C=O) groups excluding carboxylic acids is 1. The lowest BCUT2D eigenvalue weighted by Crippen LogP contribution is -2.30. The molecular weight excluding hydrogens is 336 g/mol. The average Bonchev–Trinajstić information content (AvgIpc) is 2.63. The lowest BCUT2D eigenvalue weighted by Gasteiger charge is -2.20. The molecule has 0 fully saturated rings. The van der Waals surface area contributed by atoms with Gasteiger partial charge in [0.25, 0.3) is 5.91 Å². The van der Waals surface area contributed by atoms with E-state index < -0.39 is 0 Å². The Bertz CT molecular complexity index is 1040. The summed E-state index contributed by atoms with van der Waals surface area (Å²) in [7, 11) is 0. The van der Waals surface area contributed by atoms with Gasteiger partial charge in [0.1, 0.15) is 5.56 Å². The topological polar surface area (TPSA) is 51.1 Å². The van der Waals surface area contributed by atoms with E-state index in [1.165, 1.54) is 5.56 Å². The Morgan fingerprint density at radius 1 is 1.16 bits per heavy atom. The molecule has 5 heteroatoms. The van der Waals surface area contributed by atoms with Crippen molar-refractivity contribution in [1.82, 2.24) is 9.88 Å². The van der Waals surface area contributed by atoms with Crippen LogP contribution in [0.1, 0.15) is 27.9 Å². The molecule has 0 saturated carbocycles. The molecule has 1 aliphatic rings. The van der Waals surface area contributed by atoms with Crippen molar-refractivity contribution in [3.8, 4) is 0 Å². The van der Waals surface area contributed by atoms with Crippen molar-refractivity contribution >= 4 is 28.4 Å². The van der Waals surface area contributed by atoms with Crippen molar-refractivity contribution in [2.45, 2.75) is 25.9 Å². The monoisotopic (exact) mass is 352 g/mol. The molecule has 25 heavy (non-hydrogen) atoms. The van der Waals surface area contributed by atoms with E-state index in [2.05, 4.69) is 11.4 Å². The number of halogens is 1. The minimum Gasteiger partial charge on any atom is -0.348 e. The van der Waals surface area contributed by atoms with Crippen LogP contribution < -0.4 is 10.7 Å². The van der Waals surface area contributed by atoms with E-state index in [0.29, 0.717) is 10.4 Å². The second-order valence-electron chi connectivity index (χ2n) is 6.26. The first-order valence-electron chi connectivity index (χ1n) is 8.32. The summed E-state index contributed by atoms with van der Waals surface area (Å²) < 4.78 is 2.03. The first kappa shape index (κ1) is 15.9. The van der Waals surface area contributed by atoms with Crippen LogP contribution in [0.15, 0.2) is 53.5 Å². The number of amides is 1. The molecular formula is C20H17ClN2O2. The van der Waals surface area contributed by atoms with E-state index in [1.807, 2.05) is 28.8 Å². The van der Waals surface area contributed by atoms with Gasteiger partial charge in [0, 0.05) is 29.7 Å². The zero-order chi connectivity index (χ0) is 17.4. The predicted octanol–water partition coefficient (Wildman–Crippen LogP) is 3.53. The number of benzene rings is 2. The lowest BCUT2D eigenvalue weighted by molar-refractivity contribution is 0.0949. The van der Waals surface area contributed by atoms with E-state index in [9.17, 15) is 9.59 Å². The largest absolute Gasteiger partial charge is 0.348 e. The first-order valence-corrected chi connectivity index (χ1v) is 8.69. The summed E-state index contributed by atoms with van der Waals surface area (Å²) >= 11 is 6.12. The minimum absolute atomic E-state index is 0.179. The van der Waals surface area contributed by atoms with Gasteiger partial charge in [-0.25, -0.2) is 0 Å². The Morgan fingerprint density at radius 2 is 2.00 bits per heavy atom. The molecule has 1 aromatic heterocycles. The van der Waals surface area contributed by atoms with Gasteiger partial charge in [-0.2, -0.15) is 0 Å². The van der Waals surface area contributed by atoms with E-state index in [4.69, 9.17) is 11.6 Å². The van der Waals surface area contributed by atoms with E-state index >= 15 is 0 Å². The molecule has 0 atom stereocenters. The number of carbonyl (C=O) groups is 1. The molecule has 1 N–H and O–H groups in total. The molecule has 0 bridgehead atoms. The van der Waals surface area contributed by atoms with Gasteiger partial charge in [0.05, 0.1) is 5.52 Å². The molecule has 1 amide bonds. The van der Waals surface area contributed by atoms with Crippen molar-refractivity contribution < 1.29 is 4.79 Å². The maximum absolute atomic E-state index is 12.8. The average molecular weight is 353 g/mol. The van der Waals surface area contributed by atoms with E-state index in [1.54, 1.807) is 18.3 Å². The van der Waals surface area contributed by atoms with Crippen molar-refractivity contribution in [3.63, 3.8) is 0 Å². The maximum atomic E-state index is 12.8. The fraction of sp³-hybridized carbons (Fsp3) is 0.200.